The first-order valence-electron chi connectivity index (χ1n) is 6.73. The first-order chi connectivity index (χ1) is 10.9. The van der Waals surface area contributed by atoms with Gasteiger partial charge in [-0.05, 0) is 29.3 Å². The standard InChI is InChI=1S/C16H15FN2O3S/c17-15-8-6-14(7-9-15)12-16(20)18-19-23(21,22)11-10-13-4-2-1-3-5-13/h1-11,19H,12H2,(H,18,20)/b11-10+. The molecule has 0 bridgehead atoms. The summed E-state index contributed by atoms with van der Waals surface area (Å²) in [5.41, 5.74) is 3.39. The van der Waals surface area contributed by atoms with Crippen molar-refractivity contribution < 1.29 is 17.6 Å². The number of halogens is 1. The predicted molar refractivity (Wildman–Crippen MR) is 85.8 cm³/mol. The van der Waals surface area contributed by atoms with Crippen molar-refractivity contribution in [3.05, 3.63) is 76.9 Å². The molecule has 0 aliphatic carbocycles. The molecular weight excluding hydrogens is 319 g/mol. The molecule has 0 saturated heterocycles. The molecule has 0 spiro atoms. The monoisotopic (exact) mass is 334 g/mol. The summed E-state index contributed by atoms with van der Waals surface area (Å²) < 4.78 is 36.2. The molecular formula is C16H15FN2O3S. The van der Waals surface area contributed by atoms with Crippen LogP contribution in [0.4, 0.5) is 4.39 Å². The van der Waals surface area contributed by atoms with Crippen LogP contribution < -0.4 is 10.3 Å². The van der Waals surface area contributed by atoms with E-state index in [4.69, 9.17) is 0 Å². The maximum absolute atomic E-state index is 12.8. The number of amides is 1. The van der Waals surface area contributed by atoms with Crippen molar-refractivity contribution in [2.75, 3.05) is 0 Å². The molecule has 2 rings (SSSR count). The number of sulfonamides is 1. The van der Waals surface area contributed by atoms with E-state index in [-0.39, 0.29) is 6.42 Å². The smallest absolute Gasteiger partial charge is 0.250 e. The molecule has 1 amide bonds. The van der Waals surface area contributed by atoms with E-state index in [0.29, 0.717) is 5.56 Å². The van der Waals surface area contributed by atoms with Gasteiger partial charge in [-0.25, -0.2) is 12.8 Å². The highest BCUT2D eigenvalue weighted by molar-refractivity contribution is 7.92. The predicted octanol–water partition coefficient (Wildman–Crippen LogP) is 1.99. The Labute approximate surface area is 133 Å². The molecule has 2 aromatic carbocycles. The second-order valence-electron chi connectivity index (χ2n) is 4.71. The van der Waals surface area contributed by atoms with E-state index in [1.54, 1.807) is 24.3 Å². The molecule has 2 aromatic rings. The molecule has 120 valence electrons. The second kappa shape index (κ2) is 7.66. The van der Waals surface area contributed by atoms with E-state index < -0.39 is 21.7 Å². The fraction of sp³-hybridized carbons (Fsp3) is 0.0625. The van der Waals surface area contributed by atoms with Crippen LogP contribution in [-0.2, 0) is 21.2 Å². The van der Waals surface area contributed by atoms with E-state index in [1.165, 1.54) is 30.3 Å². The topological polar surface area (TPSA) is 75.3 Å². The zero-order valence-corrected chi connectivity index (χ0v) is 12.9. The summed E-state index contributed by atoms with van der Waals surface area (Å²) in [6, 6.07) is 14.3. The van der Waals surface area contributed by atoms with E-state index >= 15 is 0 Å². The molecule has 0 saturated carbocycles. The molecule has 7 heteroatoms. The van der Waals surface area contributed by atoms with Gasteiger partial charge in [0.2, 0.25) is 5.91 Å². The van der Waals surface area contributed by atoms with Gasteiger partial charge < -0.3 is 0 Å². The third kappa shape index (κ3) is 6.01. The van der Waals surface area contributed by atoms with Crippen LogP contribution in [0.15, 0.2) is 60.0 Å². The van der Waals surface area contributed by atoms with Crippen LogP contribution in [0, 0.1) is 5.82 Å². The largest absolute Gasteiger partial charge is 0.277 e. The minimum Gasteiger partial charge on any atom is -0.277 e. The third-order valence-electron chi connectivity index (χ3n) is 2.85. The highest BCUT2D eigenvalue weighted by Gasteiger charge is 2.08. The highest BCUT2D eigenvalue weighted by Crippen LogP contribution is 2.04. The minimum absolute atomic E-state index is 0.0643. The van der Waals surface area contributed by atoms with Gasteiger partial charge in [-0.15, -0.1) is 4.83 Å². The summed E-state index contributed by atoms with van der Waals surface area (Å²) in [6.45, 7) is 0. The van der Waals surface area contributed by atoms with Gasteiger partial charge in [0.15, 0.2) is 0 Å². The molecule has 2 N–H and O–H groups in total. The Balaban J connectivity index is 1.87. The van der Waals surface area contributed by atoms with Gasteiger partial charge in [0.1, 0.15) is 5.82 Å². The van der Waals surface area contributed by atoms with Crippen LogP contribution in [0.2, 0.25) is 0 Å². The SMILES string of the molecule is O=C(Cc1ccc(F)cc1)NNS(=O)(=O)/C=C/c1ccccc1. The quantitative estimate of drug-likeness (QED) is 0.793. The minimum atomic E-state index is -3.80. The summed E-state index contributed by atoms with van der Waals surface area (Å²) in [4.78, 5) is 13.6. The van der Waals surface area contributed by atoms with Gasteiger partial charge in [-0.3, -0.25) is 10.2 Å². The molecule has 0 unspecified atom stereocenters. The summed E-state index contributed by atoms with van der Waals surface area (Å²) in [5.74, 6) is -0.950. The van der Waals surface area contributed by atoms with Gasteiger partial charge in [0, 0.05) is 5.41 Å². The molecule has 0 radical (unpaired) electrons. The lowest BCUT2D eigenvalue weighted by Gasteiger charge is -2.05. The number of rotatable bonds is 6. The van der Waals surface area contributed by atoms with Crippen LogP contribution in [0.5, 0.6) is 0 Å². The molecule has 0 aliphatic rings. The van der Waals surface area contributed by atoms with Gasteiger partial charge in [-0.2, -0.15) is 0 Å². The Morgan fingerprint density at radius 3 is 2.35 bits per heavy atom. The molecule has 0 heterocycles. The number of hydrazine groups is 1. The number of nitrogens with one attached hydrogen (secondary N) is 2. The summed E-state index contributed by atoms with van der Waals surface area (Å²) >= 11 is 0. The van der Waals surface area contributed by atoms with Gasteiger partial charge in [0.25, 0.3) is 10.0 Å². The number of carbonyl (C=O) groups excluding carboxylic acids is 1. The first kappa shape index (κ1) is 16.9. The van der Waals surface area contributed by atoms with Crippen LogP contribution in [0.3, 0.4) is 0 Å². The van der Waals surface area contributed by atoms with Gasteiger partial charge in [-0.1, -0.05) is 42.5 Å². The fourth-order valence-corrected chi connectivity index (χ4v) is 2.39. The number of hydrogen-bond donors (Lipinski definition) is 2. The van der Waals surface area contributed by atoms with Crippen molar-refractivity contribution in [3.63, 3.8) is 0 Å². The maximum atomic E-state index is 12.8. The van der Waals surface area contributed by atoms with Crippen LogP contribution >= 0.6 is 0 Å². The molecule has 5 nitrogen and oxygen atoms in total. The Hall–Kier alpha value is -2.51. The highest BCUT2D eigenvalue weighted by atomic mass is 32.2. The van der Waals surface area contributed by atoms with Crippen molar-refractivity contribution in [2.45, 2.75) is 6.42 Å². The van der Waals surface area contributed by atoms with Crippen LogP contribution in [-0.4, -0.2) is 14.3 Å². The summed E-state index contributed by atoms with van der Waals surface area (Å²) in [6.07, 6.45) is 1.35. The zero-order valence-electron chi connectivity index (χ0n) is 12.1. The Morgan fingerprint density at radius 2 is 1.70 bits per heavy atom. The molecule has 23 heavy (non-hydrogen) atoms. The average Bonchev–Trinajstić information content (AvgIpc) is 2.55. The second-order valence-corrected chi connectivity index (χ2v) is 6.28. The van der Waals surface area contributed by atoms with Crippen molar-refractivity contribution in [2.24, 2.45) is 0 Å². The Kier molecular flexibility index (Phi) is 5.61. The van der Waals surface area contributed by atoms with Crippen molar-refractivity contribution >= 4 is 22.0 Å². The third-order valence-corrected chi connectivity index (χ3v) is 3.73. The number of hydrogen-bond acceptors (Lipinski definition) is 3. The Morgan fingerprint density at radius 1 is 1.04 bits per heavy atom. The van der Waals surface area contributed by atoms with E-state index in [1.807, 2.05) is 10.9 Å². The van der Waals surface area contributed by atoms with E-state index in [0.717, 1.165) is 11.0 Å². The van der Waals surface area contributed by atoms with E-state index in [2.05, 4.69) is 5.43 Å². The van der Waals surface area contributed by atoms with Crippen molar-refractivity contribution in [1.82, 2.24) is 10.3 Å². The first-order valence-corrected chi connectivity index (χ1v) is 8.27. The van der Waals surface area contributed by atoms with Gasteiger partial charge >= 0.3 is 0 Å². The lowest BCUT2D eigenvalue weighted by atomic mass is 10.1. The molecule has 0 atom stereocenters. The van der Waals surface area contributed by atoms with Crippen molar-refractivity contribution in [3.8, 4) is 0 Å². The van der Waals surface area contributed by atoms with Crippen molar-refractivity contribution in [1.29, 1.82) is 0 Å². The van der Waals surface area contributed by atoms with Crippen LogP contribution in [0.1, 0.15) is 11.1 Å². The normalized spacial score (nSPS) is 11.5. The zero-order chi connectivity index (χ0) is 16.7. The lowest BCUT2D eigenvalue weighted by Crippen LogP contribution is -2.41. The fourth-order valence-electron chi connectivity index (χ4n) is 1.73. The molecule has 0 aliphatic heterocycles. The number of benzene rings is 2. The average molecular weight is 334 g/mol. The Bertz CT molecular complexity index is 788. The van der Waals surface area contributed by atoms with E-state index in [9.17, 15) is 17.6 Å². The molecule has 0 fully saturated rings. The number of carbonyl (C=O) groups is 1. The lowest BCUT2D eigenvalue weighted by molar-refractivity contribution is -0.120. The van der Waals surface area contributed by atoms with Crippen LogP contribution in [0.25, 0.3) is 6.08 Å². The summed E-state index contributed by atoms with van der Waals surface area (Å²) in [5, 5.41) is 0.959. The van der Waals surface area contributed by atoms with Gasteiger partial charge in [0.05, 0.1) is 6.42 Å². The molecule has 0 aromatic heterocycles. The maximum Gasteiger partial charge on any atom is 0.250 e. The summed E-state index contributed by atoms with van der Waals surface area (Å²) in [7, 11) is -3.80.